The second-order valence-electron chi connectivity index (χ2n) is 9.44. The van der Waals surface area contributed by atoms with Crippen molar-refractivity contribution in [2.45, 2.75) is 44.9 Å². The number of carbonyl (C=O) groups excluding carboxylic acids is 1. The number of carbonyl (C=O) groups is 2. The number of carboxylic acid groups (broad SMARTS) is 1. The van der Waals surface area contributed by atoms with Gasteiger partial charge in [0, 0.05) is 6.42 Å². The first-order chi connectivity index (χ1) is 19.0. The molecule has 3 rings (SSSR count). The lowest BCUT2D eigenvalue weighted by molar-refractivity contribution is -0.137. The van der Waals surface area contributed by atoms with Crippen LogP contribution in [0.1, 0.15) is 60.0 Å². The Kier molecular flexibility index (Phi) is 12.6. The number of rotatable bonds is 17. The van der Waals surface area contributed by atoms with Crippen molar-refractivity contribution in [3.63, 3.8) is 0 Å². The Labute approximate surface area is 231 Å². The Morgan fingerprint density at radius 1 is 0.795 bits per heavy atom. The van der Waals surface area contributed by atoms with E-state index in [1.807, 2.05) is 66.7 Å². The van der Waals surface area contributed by atoms with Crippen molar-refractivity contribution in [3.8, 4) is 11.5 Å². The molecule has 0 fully saturated rings. The highest BCUT2D eigenvalue weighted by atomic mass is 16.5. The molecule has 0 amide bonds. The molecule has 0 aliphatic rings. The van der Waals surface area contributed by atoms with E-state index < -0.39 is 5.97 Å². The predicted molar refractivity (Wildman–Crippen MR) is 153 cm³/mol. The van der Waals surface area contributed by atoms with Gasteiger partial charge in [0.2, 0.25) is 0 Å². The van der Waals surface area contributed by atoms with Crippen molar-refractivity contribution in [2.24, 2.45) is 5.92 Å². The molecule has 39 heavy (non-hydrogen) atoms. The molecule has 0 aliphatic heterocycles. The third kappa shape index (κ3) is 11.5. The maximum atomic E-state index is 11.7. The third-order valence-electron chi connectivity index (χ3n) is 6.35. The fraction of sp³-hybridized carbons (Fsp3) is 0.333. The van der Waals surface area contributed by atoms with Gasteiger partial charge in [0.25, 0.3) is 0 Å². The molecule has 3 aromatic rings. The number of unbranched alkanes of at least 4 members (excludes halogenated alkanes) is 2. The molecule has 0 aromatic heterocycles. The molecule has 0 spiro atoms. The first-order valence-electron chi connectivity index (χ1n) is 13.5. The van der Waals surface area contributed by atoms with Gasteiger partial charge in [0.05, 0.1) is 25.9 Å². The maximum absolute atomic E-state index is 11.7. The van der Waals surface area contributed by atoms with E-state index in [0.717, 1.165) is 54.7 Å². The largest absolute Gasteiger partial charge is 0.494 e. The summed E-state index contributed by atoms with van der Waals surface area (Å²) in [6.45, 7) is 1.31. The van der Waals surface area contributed by atoms with Crippen molar-refractivity contribution in [2.75, 3.05) is 20.3 Å². The number of benzene rings is 3. The van der Waals surface area contributed by atoms with E-state index >= 15 is 0 Å². The Bertz CT molecular complexity index is 1150. The average molecular weight is 531 g/mol. The fourth-order valence-corrected chi connectivity index (χ4v) is 4.17. The number of hydrogen-bond acceptors (Lipinski definition) is 5. The quantitative estimate of drug-likeness (QED) is 0.146. The normalized spacial score (nSPS) is 11.7. The number of esters is 1. The van der Waals surface area contributed by atoms with Gasteiger partial charge in [-0.2, -0.15) is 0 Å². The van der Waals surface area contributed by atoms with Crippen LogP contribution < -0.4 is 9.47 Å². The van der Waals surface area contributed by atoms with Gasteiger partial charge in [-0.25, -0.2) is 4.79 Å². The minimum Gasteiger partial charge on any atom is -0.494 e. The number of carboxylic acids is 1. The molecule has 1 atom stereocenters. The smallest absolute Gasteiger partial charge is 0.337 e. The second-order valence-corrected chi connectivity index (χ2v) is 9.44. The van der Waals surface area contributed by atoms with Crippen LogP contribution in [0.15, 0.2) is 84.9 Å². The van der Waals surface area contributed by atoms with Crippen molar-refractivity contribution < 1.29 is 28.9 Å². The Morgan fingerprint density at radius 2 is 1.44 bits per heavy atom. The highest BCUT2D eigenvalue weighted by Gasteiger charge is 2.10. The summed E-state index contributed by atoms with van der Waals surface area (Å²) in [4.78, 5) is 22.6. The van der Waals surface area contributed by atoms with Crippen LogP contribution in [0, 0.1) is 5.92 Å². The first kappa shape index (κ1) is 29.5. The second kappa shape index (κ2) is 16.7. The van der Waals surface area contributed by atoms with Gasteiger partial charge in [-0.05, 0) is 85.5 Å². The number of aliphatic carboxylic acids is 1. The minimum absolute atomic E-state index is 0.186. The third-order valence-corrected chi connectivity index (χ3v) is 6.35. The summed E-state index contributed by atoms with van der Waals surface area (Å²) >= 11 is 0. The van der Waals surface area contributed by atoms with E-state index in [1.54, 1.807) is 12.1 Å². The van der Waals surface area contributed by atoms with Gasteiger partial charge in [-0.15, -0.1) is 0 Å². The zero-order chi connectivity index (χ0) is 27.7. The summed E-state index contributed by atoms with van der Waals surface area (Å²) in [5.41, 5.74) is 2.72. The van der Waals surface area contributed by atoms with Crippen LogP contribution in [0.4, 0.5) is 0 Å². The van der Waals surface area contributed by atoms with E-state index in [9.17, 15) is 9.59 Å². The zero-order valence-electron chi connectivity index (χ0n) is 22.6. The van der Waals surface area contributed by atoms with E-state index in [1.165, 1.54) is 7.11 Å². The van der Waals surface area contributed by atoms with Crippen molar-refractivity contribution in [1.29, 1.82) is 0 Å². The monoisotopic (exact) mass is 530 g/mol. The van der Waals surface area contributed by atoms with E-state index in [-0.39, 0.29) is 18.3 Å². The van der Waals surface area contributed by atoms with E-state index in [0.29, 0.717) is 25.2 Å². The Balaban J connectivity index is 1.47. The number of ether oxygens (including phenoxy) is 3. The molecule has 6 nitrogen and oxygen atoms in total. The summed E-state index contributed by atoms with van der Waals surface area (Å²) in [7, 11) is 1.37. The molecule has 3 aromatic carbocycles. The summed E-state index contributed by atoms with van der Waals surface area (Å²) < 4.78 is 16.4. The van der Waals surface area contributed by atoms with Gasteiger partial charge < -0.3 is 19.3 Å². The van der Waals surface area contributed by atoms with Crippen LogP contribution in [0.25, 0.3) is 6.08 Å². The lowest BCUT2D eigenvalue weighted by Crippen LogP contribution is -2.04. The maximum Gasteiger partial charge on any atom is 0.337 e. The van der Waals surface area contributed by atoms with Crippen LogP contribution in [-0.2, 0) is 16.0 Å². The zero-order valence-corrected chi connectivity index (χ0v) is 22.6. The molecule has 206 valence electrons. The molecule has 1 unspecified atom stereocenters. The average Bonchev–Trinajstić information content (AvgIpc) is 2.96. The van der Waals surface area contributed by atoms with Crippen molar-refractivity contribution in [3.05, 3.63) is 102 Å². The number of methoxy groups -OCH3 is 1. The Hall–Kier alpha value is -4.06. The standard InChI is InChI=1S/C33H38O6/c1-37-33(36)29-19-15-28(16-20-29)25-27(9-5-6-12-32(34)35)14-13-26-17-21-31(22-18-26)39-24-8-7-23-38-30-10-3-2-4-11-30/h2-4,10-11,13-22,27H,5-9,12,23-25H2,1H3,(H,34,35)/b14-13+. The summed E-state index contributed by atoms with van der Waals surface area (Å²) in [5.74, 6) is 0.865. The van der Waals surface area contributed by atoms with Crippen LogP contribution >= 0.6 is 0 Å². The SMILES string of the molecule is COC(=O)c1ccc(CC(/C=C/c2ccc(OCCCCOc3ccccc3)cc2)CCCCC(=O)O)cc1. The van der Waals surface area contributed by atoms with Gasteiger partial charge in [-0.1, -0.05) is 61.0 Å². The van der Waals surface area contributed by atoms with Gasteiger partial charge in [-0.3, -0.25) is 4.79 Å². The fourth-order valence-electron chi connectivity index (χ4n) is 4.17. The molecule has 0 heterocycles. The van der Waals surface area contributed by atoms with Gasteiger partial charge in [0.15, 0.2) is 0 Å². The van der Waals surface area contributed by atoms with E-state index in [4.69, 9.17) is 19.3 Å². The lowest BCUT2D eigenvalue weighted by atomic mass is 9.92. The molecule has 0 bridgehead atoms. The first-order valence-corrected chi connectivity index (χ1v) is 13.5. The minimum atomic E-state index is -0.761. The summed E-state index contributed by atoms with van der Waals surface area (Å²) in [6, 6.07) is 25.3. The van der Waals surface area contributed by atoms with Crippen LogP contribution in [0.3, 0.4) is 0 Å². The van der Waals surface area contributed by atoms with Gasteiger partial charge in [0.1, 0.15) is 11.5 Å². The number of para-hydroxylation sites is 1. The summed E-state index contributed by atoms with van der Waals surface area (Å²) in [5, 5.41) is 8.95. The molecular formula is C33H38O6. The topological polar surface area (TPSA) is 82.1 Å². The number of hydrogen-bond donors (Lipinski definition) is 1. The molecule has 0 saturated heterocycles. The molecule has 6 heteroatoms. The van der Waals surface area contributed by atoms with Crippen LogP contribution in [0.2, 0.25) is 0 Å². The van der Waals surface area contributed by atoms with Gasteiger partial charge >= 0.3 is 11.9 Å². The highest BCUT2D eigenvalue weighted by molar-refractivity contribution is 5.89. The molecule has 0 radical (unpaired) electrons. The molecule has 0 aliphatic carbocycles. The van der Waals surface area contributed by atoms with Crippen molar-refractivity contribution in [1.82, 2.24) is 0 Å². The predicted octanol–water partition coefficient (Wildman–Crippen LogP) is 7.23. The number of allylic oxidation sites excluding steroid dienone is 1. The van der Waals surface area contributed by atoms with Crippen molar-refractivity contribution >= 4 is 18.0 Å². The van der Waals surface area contributed by atoms with E-state index in [2.05, 4.69) is 12.2 Å². The molecule has 0 saturated carbocycles. The van der Waals surface area contributed by atoms with Crippen LogP contribution in [-0.4, -0.2) is 37.4 Å². The molecule has 1 N–H and O–H groups in total. The van der Waals surface area contributed by atoms with Crippen LogP contribution in [0.5, 0.6) is 11.5 Å². The molecular weight excluding hydrogens is 492 g/mol. The Morgan fingerprint density at radius 3 is 2.05 bits per heavy atom. The highest BCUT2D eigenvalue weighted by Crippen LogP contribution is 2.21. The summed E-state index contributed by atoms with van der Waals surface area (Å²) in [6.07, 6.45) is 9.51. The lowest BCUT2D eigenvalue weighted by Gasteiger charge is -2.13.